The summed E-state index contributed by atoms with van der Waals surface area (Å²) in [5.74, 6) is 0.347. The molecule has 34 heavy (non-hydrogen) atoms. The van der Waals surface area contributed by atoms with Crippen LogP contribution in [0.4, 0.5) is 11.5 Å². The van der Waals surface area contributed by atoms with Crippen LogP contribution in [0.2, 0.25) is 0 Å². The molecule has 3 aromatic rings. The summed E-state index contributed by atoms with van der Waals surface area (Å²) in [7, 11) is 3.27. The topological polar surface area (TPSA) is 118 Å². The number of carbonyl (C=O) groups excluding carboxylic acids is 2. The zero-order valence-electron chi connectivity index (χ0n) is 19.5. The fourth-order valence-electron chi connectivity index (χ4n) is 3.59. The molecule has 1 aliphatic rings. The lowest BCUT2D eigenvalue weighted by Gasteiger charge is -2.16. The van der Waals surface area contributed by atoms with Gasteiger partial charge in [-0.3, -0.25) is 14.6 Å². The van der Waals surface area contributed by atoms with Gasteiger partial charge >= 0.3 is 0 Å². The normalized spacial score (nSPS) is 13.9. The molecule has 0 bridgehead atoms. The number of ether oxygens (including phenoxy) is 1. The largest absolute Gasteiger partial charge is 0.370 e. The van der Waals surface area contributed by atoms with Crippen LogP contribution >= 0.6 is 0 Å². The molecule has 1 saturated carbocycles. The zero-order chi connectivity index (χ0) is 24.1. The van der Waals surface area contributed by atoms with Crippen LogP contribution < -0.4 is 16.0 Å². The van der Waals surface area contributed by atoms with Crippen molar-refractivity contribution in [3.8, 4) is 22.4 Å². The number of aryl methyl sites for hydroxylation is 1. The fourth-order valence-corrected chi connectivity index (χ4v) is 3.59. The van der Waals surface area contributed by atoms with E-state index in [0.717, 1.165) is 35.2 Å². The van der Waals surface area contributed by atoms with Crippen LogP contribution in [-0.2, 0) is 14.3 Å². The number of amides is 2. The number of likely N-dealkylation sites (N-methyl/N-ethyl adjacent to an activating group) is 1. The number of carbonyl (C=O) groups is 2. The number of nitrogens with one attached hydrogen (secondary N) is 3. The van der Waals surface area contributed by atoms with Crippen LogP contribution in [0, 0.1) is 12.8 Å². The molecule has 1 atom stereocenters. The molecule has 1 aliphatic carbocycles. The van der Waals surface area contributed by atoms with Crippen molar-refractivity contribution in [3.05, 3.63) is 54.6 Å². The second-order valence-corrected chi connectivity index (χ2v) is 8.26. The van der Waals surface area contributed by atoms with Crippen molar-refractivity contribution >= 4 is 23.3 Å². The van der Waals surface area contributed by atoms with E-state index in [2.05, 4.69) is 30.9 Å². The van der Waals surface area contributed by atoms with Crippen LogP contribution in [0.15, 0.2) is 48.9 Å². The van der Waals surface area contributed by atoms with Crippen molar-refractivity contribution in [2.75, 3.05) is 31.3 Å². The molecule has 4 rings (SSSR count). The van der Waals surface area contributed by atoms with Gasteiger partial charge in [0.1, 0.15) is 18.2 Å². The van der Waals surface area contributed by atoms with E-state index in [4.69, 9.17) is 4.74 Å². The van der Waals surface area contributed by atoms with Gasteiger partial charge < -0.3 is 20.7 Å². The van der Waals surface area contributed by atoms with Crippen LogP contribution in [0.3, 0.4) is 0 Å². The van der Waals surface area contributed by atoms with Crippen molar-refractivity contribution in [3.63, 3.8) is 0 Å². The molecule has 1 aromatic carbocycles. The van der Waals surface area contributed by atoms with Crippen molar-refractivity contribution in [1.82, 2.24) is 20.3 Å². The number of nitrogens with zero attached hydrogens (tertiary/aromatic N) is 3. The van der Waals surface area contributed by atoms with E-state index in [1.807, 2.05) is 37.3 Å². The first-order valence-corrected chi connectivity index (χ1v) is 11.2. The Morgan fingerprint density at radius 2 is 1.88 bits per heavy atom. The molecule has 2 heterocycles. The minimum absolute atomic E-state index is 0.00407. The highest BCUT2D eigenvalue weighted by molar-refractivity contribution is 5.95. The lowest BCUT2D eigenvalue weighted by Crippen LogP contribution is -2.37. The standard InChI is InChI=1S/C25H28N6O3/c1-15-20(10-19(12-27-15)30-25(33)22(34-3)13-26-2)17-5-4-6-18(9-17)21-11-23(29-14-28-21)31-24(32)16-7-8-16/h4-6,9-12,14,16,22,26H,7-8,13H2,1-3H3,(H,30,33)(H,28,29,31,32). The Kier molecular flexibility index (Phi) is 7.24. The molecule has 0 radical (unpaired) electrons. The van der Waals surface area contributed by atoms with Crippen molar-refractivity contribution < 1.29 is 14.3 Å². The second-order valence-electron chi connectivity index (χ2n) is 8.26. The van der Waals surface area contributed by atoms with Gasteiger partial charge in [0.05, 0.1) is 17.6 Å². The molecule has 9 heteroatoms. The number of hydrogen-bond donors (Lipinski definition) is 3. The van der Waals surface area contributed by atoms with Crippen molar-refractivity contribution in [2.24, 2.45) is 5.92 Å². The maximum Gasteiger partial charge on any atom is 0.254 e. The third-order valence-corrected chi connectivity index (χ3v) is 5.66. The van der Waals surface area contributed by atoms with E-state index in [1.54, 1.807) is 19.3 Å². The molecule has 176 valence electrons. The fraction of sp³-hybridized carbons (Fsp3) is 0.320. The molecular formula is C25H28N6O3. The quantitative estimate of drug-likeness (QED) is 0.449. The van der Waals surface area contributed by atoms with Gasteiger partial charge in [-0.1, -0.05) is 18.2 Å². The predicted molar refractivity (Wildman–Crippen MR) is 130 cm³/mol. The van der Waals surface area contributed by atoms with Crippen LogP contribution in [-0.4, -0.2) is 53.6 Å². The van der Waals surface area contributed by atoms with Crippen LogP contribution in [0.1, 0.15) is 18.5 Å². The summed E-state index contributed by atoms with van der Waals surface area (Å²) in [6.07, 6.45) is 4.34. The highest BCUT2D eigenvalue weighted by atomic mass is 16.5. The smallest absolute Gasteiger partial charge is 0.254 e. The maximum absolute atomic E-state index is 12.5. The molecule has 1 unspecified atom stereocenters. The van der Waals surface area contributed by atoms with E-state index in [1.165, 1.54) is 13.4 Å². The molecule has 2 amide bonds. The minimum Gasteiger partial charge on any atom is -0.370 e. The van der Waals surface area contributed by atoms with Crippen LogP contribution in [0.5, 0.6) is 0 Å². The van der Waals surface area contributed by atoms with Gasteiger partial charge in [0.25, 0.3) is 5.91 Å². The third-order valence-electron chi connectivity index (χ3n) is 5.66. The summed E-state index contributed by atoms with van der Waals surface area (Å²) in [4.78, 5) is 37.6. The summed E-state index contributed by atoms with van der Waals surface area (Å²) >= 11 is 0. The molecule has 1 fully saturated rings. The van der Waals surface area contributed by atoms with Gasteiger partial charge in [-0.2, -0.15) is 0 Å². The van der Waals surface area contributed by atoms with Gasteiger partial charge in [0.2, 0.25) is 5.91 Å². The first kappa shape index (κ1) is 23.5. The highest BCUT2D eigenvalue weighted by Crippen LogP contribution is 2.31. The summed E-state index contributed by atoms with van der Waals surface area (Å²) in [6.45, 7) is 2.32. The lowest BCUT2D eigenvalue weighted by atomic mass is 10.00. The number of anilines is 2. The van der Waals surface area contributed by atoms with Crippen molar-refractivity contribution in [1.29, 1.82) is 0 Å². The molecular weight excluding hydrogens is 432 g/mol. The molecule has 9 nitrogen and oxygen atoms in total. The van der Waals surface area contributed by atoms with E-state index in [-0.39, 0.29) is 17.7 Å². The third kappa shape index (κ3) is 5.62. The number of methoxy groups -OCH3 is 1. The van der Waals surface area contributed by atoms with Crippen molar-refractivity contribution in [2.45, 2.75) is 25.9 Å². The SMILES string of the molecule is CNCC(OC)C(=O)Nc1cnc(C)c(-c2cccc(-c3cc(NC(=O)C4CC4)ncn3)c2)c1. The summed E-state index contributed by atoms with van der Waals surface area (Å²) in [5, 5.41) is 8.68. The Labute approximate surface area is 198 Å². The van der Waals surface area contributed by atoms with E-state index in [0.29, 0.717) is 23.7 Å². The highest BCUT2D eigenvalue weighted by Gasteiger charge is 2.29. The zero-order valence-corrected chi connectivity index (χ0v) is 19.5. The van der Waals surface area contributed by atoms with E-state index in [9.17, 15) is 9.59 Å². The molecule has 0 saturated heterocycles. The predicted octanol–water partition coefficient (Wildman–Crippen LogP) is 3.04. The average molecular weight is 461 g/mol. The van der Waals surface area contributed by atoms with E-state index < -0.39 is 6.10 Å². The summed E-state index contributed by atoms with van der Waals surface area (Å²) in [5.41, 5.74) is 4.81. The van der Waals surface area contributed by atoms with Gasteiger partial charge in [0, 0.05) is 42.5 Å². The number of hydrogen-bond acceptors (Lipinski definition) is 7. The van der Waals surface area contributed by atoms with Gasteiger partial charge in [-0.05, 0) is 44.5 Å². The van der Waals surface area contributed by atoms with Gasteiger partial charge in [-0.25, -0.2) is 9.97 Å². The van der Waals surface area contributed by atoms with Crippen LogP contribution in [0.25, 0.3) is 22.4 Å². The number of rotatable bonds is 9. The Hall–Kier alpha value is -3.69. The Balaban J connectivity index is 1.57. The van der Waals surface area contributed by atoms with Gasteiger partial charge in [0.15, 0.2) is 0 Å². The summed E-state index contributed by atoms with van der Waals surface area (Å²) < 4.78 is 5.24. The Bertz CT molecular complexity index is 1190. The molecule has 0 spiro atoms. The number of aromatic nitrogens is 3. The number of benzene rings is 1. The average Bonchev–Trinajstić information content (AvgIpc) is 3.70. The van der Waals surface area contributed by atoms with Gasteiger partial charge in [-0.15, -0.1) is 0 Å². The first-order chi connectivity index (χ1) is 16.5. The molecule has 0 aliphatic heterocycles. The lowest BCUT2D eigenvalue weighted by molar-refractivity contribution is -0.125. The molecule has 2 aromatic heterocycles. The minimum atomic E-state index is -0.606. The monoisotopic (exact) mass is 460 g/mol. The molecule has 3 N–H and O–H groups in total. The first-order valence-electron chi connectivity index (χ1n) is 11.2. The Morgan fingerprint density at radius 3 is 2.62 bits per heavy atom. The maximum atomic E-state index is 12.5. The van der Waals surface area contributed by atoms with E-state index >= 15 is 0 Å². The second kappa shape index (κ2) is 10.5. The Morgan fingerprint density at radius 1 is 1.09 bits per heavy atom. The summed E-state index contributed by atoms with van der Waals surface area (Å²) in [6, 6.07) is 11.5. The number of pyridine rings is 1.